The van der Waals surface area contributed by atoms with E-state index >= 15 is 0 Å². The van der Waals surface area contributed by atoms with Crippen LogP contribution in [0, 0.1) is 6.92 Å². The third-order valence-corrected chi connectivity index (χ3v) is 2.76. The molecule has 15 heavy (non-hydrogen) atoms. The van der Waals surface area contributed by atoms with Crippen LogP contribution in [0.25, 0.3) is 10.9 Å². The summed E-state index contributed by atoms with van der Waals surface area (Å²) in [6, 6.07) is 6.23. The van der Waals surface area contributed by atoms with Crippen molar-refractivity contribution in [3.05, 3.63) is 29.5 Å². The number of nitrogens with one attached hydrogen (secondary N) is 1. The van der Waals surface area contributed by atoms with Gasteiger partial charge in [0.15, 0.2) is 0 Å². The van der Waals surface area contributed by atoms with E-state index in [1.165, 1.54) is 22.2 Å². The summed E-state index contributed by atoms with van der Waals surface area (Å²) < 4.78 is 5.51. The number of benzene rings is 1. The normalized spacial score (nSPS) is 10.9. The van der Waals surface area contributed by atoms with E-state index in [2.05, 4.69) is 31.0 Å². The largest absolute Gasteiger partial charge is 0.494 e. The number of H-pyrrole nitrogens is 1. The summed E-state index contributed by atoms with van der Waals surface area (Å²) in [4.78, 5) is 3.39. The van der Waals surface area contributed by atoms with Crippen LogP contribution in [-0.2, 0) is 6.42 Å². The van der Waals surface area contributed by atoms with Gasteiger partial charge in [0.25, 0.3) is 0 Å². The molecule has 0 aliphatic heterocycles. The molecule has 0 atom stereocenters. The van der Waals surface area contributed by atoms with Crippen molar-refractivity contribution in [2.24, 2.45) is 0 Å². The Morgan fingerprint density at radius 1 is 1.27 bits per heavy atom. The Hall–Kier alpha value is -1.44. The second-order valence-electron chi connectivity index (χ2n) is 3.72. The molecule has 0 spiro atoms. The number of ether oxygens (including phenoxy) is 1. The van der Waals surface area contributed by atoms with Crippen LogP contribution < -0.4 is 4.74 Å². The molecule has 2 rings (SSSR count). The number of hydrogen-bond acceptors (Lipinski definition) is 1. The number of aromatic nitrogens is 1. The average molecular weight is 203 g/mol. The number of hydrogen-bond donors (Lipinski definition) is 1. The van der Waals surface area contributed by atoms with Crippen molar-refractivity contribution in [3.8, 4) is 5.75 Å². The molecule has 2 heteroatoms. The van der Waals surface area contributed by atoms with Gasteiger partial charge in [-0.15, -0.1) is 0 Å². The van der Waals surface area contributed by atoms with E-state index in [-0.39, 0.29) is 0 Å². The summed E-state index contributed by atoms with van der Waals surface area (Å²) in [5, 5.41) is 1.29. The highest BCUT2D eigenvalue weighted by atomic mass is 16.5. The molecule has 0 fully saturated rings. The second kappa shape index (κ2) is 3.97. The minimum Gasteiger partial charge on any atom is -0.494 e. The number of aryl methyl sites for hydroxylation is 2. The lowest BCUT2D eigenvalue weighted by atomic mass is 10.1. The van der Waals surface area contributed by atoms with Crippen LogP contribution in [0.2, 0.25) is 0 Å². The highest BCUT2D eigenvalue weighted by Crippen LogP contribution is 2.26. The summed E-state index contributed by atoms with van der Waals surface area (Å²) in [5.74, 6) is 0.957. The van der Waals surface area contributed by atoms with Crippen LogP contribution in [0.1, 0.15) is 25.1 Å². The Labute approximate surface area is 90.3 Å². The molecule has 2 nitrogen and oxygen atoms in total. The van der Waals surface area contributed by atoms with Crippen molar-refractivity contribution in [3.63, 3.8) is 0 Å². The van der Waals surface area contributed by atoms with Gasteiger partial charge in [0, 0.05) is 16.6 Å². The molecule has 0 saturated heterocycles. The van der Waals surface area contributed by atoms with Crippen LogP contribution in [0.5, 0.6) is 5.75 Å². The fourth-order valence-corrected chi connectivity index (χ4v) is 2.07. The standard InChI is InChI=1S/C13H17NO/c1-4-11-9(3)14-13-7-6-10(15-5-2)8-12(11)13/h6-8,14H,4-5H2,1-3H3. The molecular formula is C13H17NO. The second-order valence-corrected chi connectivity index (χ2v) is 3.72. The molecule has 0 radical (unpaired) electrons. The Morgan fingerprint density at radius 3 is 2.73 bits per heavy atom. The zero-order chi connectivity index (χ0) is 10.8. The SMILES string of the molecule is CCOc1ccc2[nH]c(C)c(CC)c2c1. The maximum Gasteiger partial charge on any atom is 0.120 e. The summed E-state index contributed by atoms with van der Waals surface area (Å²) in [7, 11) is 0. The minimum atomic E-state index is 0.719. The summed E-state index contributed by atoms with van der Waals surface area (Å²) in [6.45, 7) is 7.03. The maximum atomic E-state index is 5.51. The predicted molar refractivity (Wildman–Crippen MR) is 63.6 cm³/mol. The monoisotopic (exact) mass is 203 g/mol. The van der Waals surface area contributed by atoms with E-state index in [0.29, 0.717) is 0 Å². The third-order valence-electron chi connectivity index (χ3n) is 2.76. The van der Waals surface area contributed by atoms with Gasteiger partial charge in [-0.25, -0.2) is 0 Å². The maximum absolute atomic E-state index is 5.51. The first-order valence-corrected chi connectivity index (χ1v) is 5.50. The number of fused-ring (bicyclic) bond motifs is 1. The minimum absolute atomic E-state index is 0.719. The zero-order valence-corrected chi connectivity index (χ0v) is 9.55. The third kappa shape index (κ3) is 1.72. The first-order chi connectivity index (χ1) is 7.26. The van der Waals surface area contributed by atoms with Gasteiger partial charge in [-0.05, 0) is 44.0 Å². The molecule has 2 aromatic rings. The van der Waals surface area contributed by atoms with Gasteiger partial charge in [-0.2, -0.15) is 0 Å². The van der Waals surface area contributed by atoms with Crippen LogP contribution in [0.4, 0.5) is 0 Å². The van der Waals surface area contributed by atoms with Gasteiger partial charge in [-0.1, -0.05) is 6.92 Å². The van der Waals surface area contributed by atoms with Gasteiger partial charge in [0.1, 0.15) is 5.75 Å². The fraction of sp³-hybridized carbons (Fsp3) is 0.385. The van der Waals surface area contributed by atoms with E-state index in [1.807, 2.05) is 13.0 Å². The number of aromatic amines is 1. The molecule has 0 aliphatic carbocycles. The van der Waals surface area contributed by atoms with Crippen LogP contribution in [0.3, 0.4) is 0 Å². The molecular weight excluding hydrogens is 186 g/mol. The topological polar surface area (TPSA) is 25.0 Å². The van der Waals surface area contributed by atoms with E-state index < -0.39 is 0 Å². The Balaban J connectivity index is 2.57. The molecule has 80 valence electrons. The zero-order valence-electron chi connectivity index (χ0n) is 9.55. The first-order valence-electron chi connectivity index (χ1n) is 5.50. The van der Waals surface area contributed by atoms with Crippen LogP contribution >= 0.6 is 0 Å². The Bertz CT molecular complexity index is 471. The Morgan fingerprint density at radius 2 is 2.07 bits per heavy atom. The van der Waals surface area contributed by atoms with Gasteiger partial charge >= 0.3 is 0 Å². The van der Waals surface area contributed by atoms with E-state index in [9.17, 15) is 0 Å². The van der Waals surface area contributed by atoms with Crippen molar-refractivity contribution in [1.82, 2.24) is 4.98 Å². The number of rotatable bonds is 3. The smallest absolute Gasteiger partial charge is 0.120 e. The summed E-state index contributed by atoms with van der Waals surface area (Å²) in [6.07, 6.45) is 1.06. The lowest BCUT2D eigenvalue weighted by Gasteiger charge is -2.03. The van der Waals surface area contributed by atoms with Gasteiger partial charge < -0.3 is 9.72 Å². The molecule has 0 saturated carbocycles. The van der Waals surface area contributed by atoms with Crippen molar-refractivity contribution in [2.75, 3.05) is 6.61 Å². The molecule has 1 aromatic carbocycles. The summed E-state index contributed by atoms with van der Waals surface area (Å²) >= 11 is 0. The van der Waals surface area contributed by atoms with Gasteiger partial charge in [-0.3, -0.25) is 0 Å². The Kier molecular flexibility index (Phi) is 2.67. The molecule has 0 bridgehead atoms. The van der Waals surface area contributed by atoms with Crippen molar-refractivity contribution in [2.45, 2.75) is 27.2 Å². The average Bonchev–Trinajstić information content (AvgIpc) is 2.53. The van der Waals surface area contributed by atoms with E-state index in [1.54, 1.807) is 0 Å². The lowest BCUT2D eigenvalue weighted by Crippen LogP contribution is -1.90. The molecule has 0 amide bonds. The molecule has 1 aromatic heterocycles. The van der Waals surface area contributed by atoms with Crippen LogP contribution in [0.15, 0.2) is 18.2 Å². The highest BCUT2D eigenvalue weighted by molar-refractivity contribution is 5.85. The van der Waals surface area contributed by atoms with Crippen molar-refractivity contribution in [1.29, 1.82) is 0 Å². The van der Waals surface area contributed by atoms with E-state index in [4.69, 9.17) is 4.74 Å². The molecule has 1 heterocycles. The summed E-state index contributed by atoms with van der Waals surface area (Å²) in [5.41, 5.74) is 3.86. The first kappa shape index (κ1) is 10.1. The molecule has 0 unspecified atom stereocenters. The molecule has 0 aliphatic rings. The fourth-order valence-electron chi connectivity index (χ4n) is 2.07. The van der Waals surface area contributed by atoms with Crippen molar-refractivity contribution >= 4 is 10.9 Å². The predicted octanol–water partition coefficient (Wildman–Crippen LogP) is 3.44. The molecule has 1 N–H and O–H groups in total. The van der Waals surface area contributed by atoms with E-state index in [0.717, 1.165) is 18.8 Å². The van der Waals surface area contributed by atoms with Gasteiger partial charge in [0.05, 0.1) is 6.61 Å². The van der Waals surface area contributed by atoms with Crippen LogP contribution in [-0.4, -0.2) is 11.6 Å². The van der Waals surface area contributed by atoms with Gasteiger partial charge in [0.2, 0.25) is 0 Å². The van der Waals surface area contributed by atoms with Crippen molar-refractivity contribution < 1.29 is 4.74 Å². The lowest BCUT2D eigenvalue weighted by molar-refractivity contribution is 0.340. The quantitative estimate of drug-likeness (QED) is 0.812. The highest BCUT2D eigenvalue weighted by Gasteiger charge is 2.07.